The van der Waals surface area contributed by atoms with Crippen molar-refractivity contribution >= 4 is 16.1 Å². The Kier molecular flexibility index (Phi) is 2.62. The number of nitrogens with one attached hydrogen (secondary N) is 2. The van der Waals surface area contributed by atoms with Crippen LogP contribution in [0.5, 0.6) is 0 Å². The molecule has 1 spiro atoms. The van der Waals surface area contributed by atoms with Crippen LogP contribution in [0, 0.1) is 5.41 Å². The third kappa shape index (κ3) is 1.89. The van der Waals surface area contributed by atoms with Crippen LogP contribution in [0.3, 0.4) is 0 Å². The van der Waals surface area contributed by atoms with Crippen molar-refractivity contribution in [2.45, 2.75) is 37.0 Å². The van der Waals surface area contributed by atoms with E-state index in [9.17, 15) is 13.2 Å². The molecule has 3 N–H and O–H groups in total. The van der Waals surface area contributed by atoms with Gasteiger partial charge in [-0.1, -0.05) is 0 Å². The minimum Gasteiger partial charge on any atom is -0.465 e. The zero-order chi connectivity index (χ0) is 12.0. The molecule has 2 fully saturated rings. The van der Waals surface area contributed by atoms with Gasteiger partial charge in [0, 0.05) is 6.04 Å². The first-order valence-electron chi connectivity index (χ1n) is 5.29. The van der Waals surface area contributed by atoms with E-state index in [2.05, 4.69) is 10.0 Å². The Morgan fingerprint density at radius 3 is 2.31 bits per heavy atom. The van der Waals surface area contributed by atoms with E-state index in [-0.39, 0.29) is 16.7 Å². The highest BCUT2D eigenvalue weighted by molar-refractivity contribution is 7.90. The molecule has 0 aliphatic heterocycles. The quantitative estimate of drug-likeness (QED) is 0.660. The van der Waals surface area contributed by atoms with E-state index < -0.39 is 16.1 Å². The summed E-state index contributed by atoms with van der Waals surface area (Å²) in [5.41, 5.74) is 0.0850. The number of amides is 1. The lowest BCUT2D eigenvalue weighted by Gasteiger charge is -2.56. The summed E-state index contributed by atoms with van der Waals surface area (Å²) in [5, 5.41) is 10.6. The highest BCUT2D eigenvalue weighted by Gasteiger charge is 2.56. The van der Waals surface area contributed by atoms with E-state index in [0.717, 1.165) is 12.8 Å². The van der Waals surface area contributed by atoms with E-state index in [4.69, 9.17) is 5.11 Å². The van der Waals surface area contributed by atoms with Gasteiger partial charge in [0.15, 0.2) is 0 Å². The van der Waals surface area contributed by atoms with Crippen LogP contribution in [-0.2, 0) is 10.0 Å². The zero-order valence-corrected chi connectivity index (χ0v) is 9.88. The smallest absolute Gasteiger partial charge is 0.404 e. The van der Waals surface area contributed by atoms with Gasteiger partial charge in [0.1, 0.15) is 0 Å². The monoisotopic (exact) mass is 248 g/mol. The average molecular weight is 248 g/mol. The molecule has 1 amide bonds. The fourth-order valence-corrected chi connectivity index (χ4v) is 4.37. The Morgan fingerprint density at radius 1 is 1.31 bits per heavy atom. The average Bonchev–Trinajstić information content (AvgIpc) is 2.05. The van der Waals surface area contributed by atoms with Crippen LogP contribution < -0.4 is 10.0 Å². The predicted octanol–water partition coefficient (Wildman–Crippen LogP) is 0.114. The summed E-state index contributed by atoms with van der Waals surface area (Å²) in [6.07, 6.45) is 1.87. The third-order valence-electron chi connectivity index (χ3n) is 3.73. The Balaban J connectivity index is 1.81. The second kappa shape index (κ2) is 3.59. The number of carboxylic acid groups (broad SMARTS) is 1. The van der Waals surface area contributed by atoms with Gasteiger partial charge in [-0.2, -0.15) is 0 Å². The van der Waals surface area contributed by atoms with Crippen molar-refractivity contribution in [3.8, 4) is 0 Å². The van der Waals surface area contributed by atoms with Crippen molar-refractivity contribution in [2.75, 3.05) is 7.05 Å². The highest BCUT2D eigenvalue weighted by atomic mass is 32.2. The van der Waals surface area contributed by atoms with Crippen LogP contribution in [0.15, 0.2) is 0 Å². The maximum atomic E-state index is 11.4. The molecule has 0 unspecified atom stereocenters. The molecule has 0 aromatic heterocycles. The predicted molar refractivity (Wildman–Crippen MR) is 57.6 cm³/mol. The molecule has 0 saturated heterocycles. The molecule has 2 rings (SSSR count). The SMILES string of the molecule is CNS(=O)(=O)C1CC2(CC(NC(=O)O)C2)C1. The molecule has 0 atom stereocenters. The first-order chi connectivity index (χ1) is 7.37. The normalized spacial score (nSPS) is 37.6. The lowest BCUT2D eigenvalue weighted by atomic mass is 9.54. The molecule has 2 aliphatic rings. The third-order valence-corrected chi connectivity index (χ3v) is 5.51. The van der Waals surface area contributed by atoms with Gasteiger partial charge in [-0.3, -0.25) is 0 Å². The van der Waals surface area contributed by atoms with Gasteiger partial charge in [0.2, 0.25) is 10.0 Å². The molecular weight excluding hydrogens is 232 g/mol. The Labute approximate surface area is 94.5 Å². The molecule has 2 saturated carbocycles. The van der Waals surface area contributed by atoms with E-state index in [1.165, 1.54) is 7.05 Å². The van der Waals surface area contributed by atoms with Crippen LogP contribution in [0.2, 0.25) is 0 Å². The lowest BCUT2D eigenvalue weighted by molar-refractivity contribution is 0.00286. The van der Waals surface area contributed by atoms with Crippen LogP contribution >= 0.6 is 0 Å². The van der Waals surface area contributed by atoms with Crippen molar-refractivity contribution in [3.05, 3.63) is 0 Å². The van der Waals surface area contributed by atoms with Gasteiger partial charge in [-0.05, 0) is 38.1 Å². The van der Waals surface area contributed by atoms with Crippen LogP contribution in [0.1, 0.15) is 25.7 Å². The molecule has 92 valence electrons. The van der Waals surface area contributed by atoms with Crippen LogP contribution in [0.25, 0.3) is 0 Å². The second-order valence-corrected chi connectivity index (χ2v) is 7.00. The number of hydrogen-bond acceptors (Lipinski definition) is 3. The van der Waals surface area contributed by atoms with Gasteiger partial charge >= 0.3 is 6.09 Å². The Morgan fingerprint density at radius 2 is 1.88 bits per heavy atom. The minimum atomic E-state index is -3.14. The maximum absolute atomic E-state index is 11.4. The molecule has 7 heteroatoms. The summed E-state index contributed by atoms with van der Waals surface area (Å²) in [6.45, 7) is 0. The molecule has 0 bridgehead atoms. The highest BCUT2D eigenvalue weighted by Crippen LogP contribution is 2.57. The van der Waals surface area contributed by atoms with E-state index in [1.807, 2.05) is 0 Å². The Bertz CT molecular complexity index is 392. The van der Waals surface area contributed by atoms with E-state index in [1.54, 1.807) is 0 Å². The van der Waals surface area contributed by atoms with Crippen molar-refractivity contribution in [1.82, 2.24) is 10.0 Å². The molecular formula is C9H16N2O4S. The number of rotatable bonds is 3. The fourth-order valence-electron chi connectivity index (χ4n) is 2.89. The first-order valence-corrected chi connectivity index (χ1v) is 6.83. The summed E-state index contributed by atoms with van der Waals surface area (Å²) in [6, 6.07) is 0.00994. The molecule has 0 radical (unpaired) electrons. The largest absolute Gasteiger partial charge is 0.465 e. The number of hydrogen-bond donors (Lipinski definition) is 3. The van der Waals surface area contributed by atoms with Gasteiger partial charge in [0.05, 0.1) is 5.25 Å². The molecule has 2 aliphatic carbocycles. The first kappa shape index (κ1) is 11.7. The molecule has 0 aromatic carbocycles. The maximum Gasteiger partial charge on any atom is 0.404 e. The summed E-state index contributed by atoms with van der Waals surface area (Å²) in [5.74, 6) is 0. The van der Waals surface area contributed by atoms with Gasteiger partial charge in [-0.15, -0.1) is 0 Å². The molecule has 0 heterocycles. The Hall–Kier alpha value is -0.820. The lowest BCUT2D eigenvalue weighted by Crippen LogP contribution is -2.59. The summed E-state index contributed by atoms with van der Waals surface area (Å²) < 4.78 is 25.2. The topological polar surface area (TPSA) is 95.5 Å². The second-order valence-electron chi connectivity index (χ2n) is 4.83. The number of carbonyl (C=O) groups is 1. The standard InChI is InChI=1S/C9H16N2O4S/c1-10-16(14,15)7-4-9(5-7)2-6(3-9)11-8(12)13/h6-7,10-11H,2-5H2,1H3,(H,12,13). The van der Waals surface area contributed by atoms with Crippen molar-refractivity contribution < 1.29 is 18.3 Å². The minimum absolute atomic E-state index is 0.00994. The van der Waals surface area contributed by atoms with Gasteiger partial charge in [-0.25, -0.2) is 17.9 Å². The van der Waals surface area contributed by atoms with E-state index in [0.29, 0.717) is 12.8 Å². The van der Waals surface area contributed by atoms with Crippen LogP contribution in [0.4, 0.5) is 4.79 Å². The fraction of sp³-hybridized carbons (Fsp3) is 0.889. The van der Waals surface area contributed by atoms with Gasteiger partial charge < -0.3 is 10.4 Å². The van der Waals surface area contributed by atoms with E-state index >= 15 is 0 Å². The summed E-state index contributed by atoms with van der Waals surface area (Å²) in [4.78, 5) is 10.4. The summed E-state index contributed by atoms with van der Waals surface area (Å²) in [7, 11) is -1.71. The molecule has 0 aromatic rings. The van der Waals surface area contributed by atoms with Crippen molar-refractivity contribution in [3.63, 3.8) is 0 Å². The zero-order valence-electron chi connectivity index (χ0n) is 9.06. The number of sulfonamides is 1. The molecule has 16 heavy (non-hydrogen) atoms. The van der Waals surface area contributed by atoms with Crippen molar-refractivity contribution in [2.24, 2.45) is 5.41 Å². The van der Waals surface area contributed by atoms with Gasteiger partial charge in [0.25, 0.3) is 0 Å². The molecule has 6 nitrogen and oxygen atoms in total. The van der Waals surface area contributed by atoms with Crippen LogP contribution in [-0.4, -0.2) is 38.0 Å². The summed E-state index contributed by atoms with van der Waals surface area (Å²) >= 11 is 0. The van der Waals surface area contributed by atoms with Crippen molar-refractivity contribution in [1.29, 1.82) is 0 Å².